The van der Waals surface area contributed by atoms with Crippen molar-refractivity contribution in [3.05, 3.63) is 119 Å². The molecule has 4 aromatic rings. The van der Waals surface area contributed by atoms with Crippen molar-refractivity contribution >= 4 is 5.91 Å². The Hall–Kier alpha value is -3.84. The number of likely N-dealkylation sites (tertiary alicyclic amines) is 2. The Labute approximate surface area is 227 Å². The second-order valence-electron chi connectivity index (χ2n) is 10.7. The van der Waals surface area contributed by atoms with Crippen molar-refractivity contribution in [1.82, 2.24) is 19.6 Å². The lowest BCUT2D eigenvalue weighted by Crippen LogP contribution is -2.34. The number of halogens is 2. The monoisotopic (exact) mass is 526 g/mol. The molecule has 0 aliphatic carbocycles. The maximum absolute atomic E-state index is 13.9. The van der Waals surface area contributed by atoms with Gasteiger partial charge in [0.05, 0.1) is 23.1 Å². The largest absolute Gasteiger partial charge is 0.338 e. The van der Waals surface area contributed by atoms with Crippen LogP contribution in [0.15, 0.2) is 85.1 Å². The third kappa shape index (κ3) is 5.50. The van der Waals surface area contributed by atoms with Gasteiger partial charge >= 0.3 is 0 Å². The molecule has 5 nitrogen and oxygen atoms in total. The van der Waals surface area contributed by atoms with Crippen LogP contribution < -0.4 is 0 Å². The van der Waals surface area contributed by atoms with Gasteiger partial charge in [0.1, 0.15) is 11.6 Å². The first-order valence-corrected chi connectivity index (χ1v) is 13.7. The van der Waals surface area contributed by atoms with Crippen molar-refractivity contribution in [2.24, 2.45) is 0 Å². The summed E-state index contributed by atoms with van der Waals surface area (Å²) >= 11 is 0. The molecule has 200 valence electrons. The molecule has 7 heteroatoms. The molecule has 3 heterocycles. The molecule has 2 saturated heterocycles. The van der Waals surface area contributed by atoms with Gasteiger partial charge in [-0.15, -0.1) is 0 Å². The van der Waals surface area contributed by atoms with Gasteiger partial charge in [0.15, 0.2) is 0 Å². The summed E-state index contributed by atoms with van der Waals surface area (Å²) in [4.78, 5) is 18.2. The van der Waals surface area contributed by atoms with E-state index in [9.17, 15) is 13.6 Å². The predicted molar refractivity (Wildman–Crippen MR) is 147 cm³/mol. The van der Waals surface area contributed by atoms with Gasteiger partial charge in [0.25, 0.3) is 5.91 Å². The van der Waals surface area contributed by atoms with Crippen LogP contribution in [0.2, 0.25) is 0 Å². The van der Waals surface area contributed by atoms with Crippen LogP contribution in [0.5, 0.6) is 0 Å². The average Bonchev–Trinajstić information content (AvgIpc) is 3.64. The van der Waals surface area contributed by atoms with E-state index in [0.29, 0.717) is 18.0 Å². The number of carbonyl (C=O) groups is 1. The summed E-state index contributed by atoms with van der Waals surface area (Å²) in [7, 11) is 0. The van der Waals surface area contributed by atoms with Crippen molar-refractivity contribution in [3.8, 4) is 5.69 Å². The molecule has 2 aliphatic rings. The Kier molecular flexibility index (Phi) is 7.24. The van der Waals surface area contributed by atoms with Gasteiger partial charge < -0.3 is 4.90 Å². The molecule has 0 unspecified atom stereocenters. The summed E-state index contributed by atoms with van der Waals surface area (Å²) in [5.41, 5.74) is 4.66. The SMILES string of the molecule is O=C(c1cnn(-c2ccc(F)cc2)c1C1CCN(Cc2ccc(F)cc2)CC1)N1CC[C@H](c2ccccc2)C1. The molecule has 0 N–H and O–H groups in total. The summed E-state index contributed by atoms with van der Waals surface area (Å²) in [5.74, 6) is -0.0295. The first kappa shape index (κ1) is 25.4. The van der Waals surface area contributed by atoms with E-state index in [4.69, 9.17) is 0 Å². The highest BCUT2D eigenvalue weighted by Gasteiger charge is 2.34. The van der Waals surface area contributed by atoms with E-state index in [1.165, 1.54) is 29.8 Å². The van der Waals surface area contributed by atoms with Gasteiger partial charge in [-0.3, -0.25) is 9.69 Å². The molecule has 6 rings (SSSR count). The van der Waals surface area contributed by atoms with Gasteiger partial charge in [0, 0.05) is 31.5 Å². The molecule has 1 amide bonds. The Bertz CT molecular complexity index is 1410. The molecule has 0 saturated carbocycles. The highest BCUT2D eigenvalue weighted by molar-refractivity contribution is 5.95. The van der Waals surface area contributed by atoms with Crippen LogP contribution in [-0.2, 0) is 6.54 Å². The first-order valence-electron chi connectivity index (χ1n) is 13.7. The molecule has 0 radical (unpaired) electrons. The lowest BCUT2D eigenvalue weighted by molar-refractivity contribution is 0.0788. The summed E-state index contributed by atoms with van der Waals surface area (Å²) in [6.07, 6.45) is 4.39. The summed E-state index contributed by atoms with van der Waals surface area (Å²) in [5, 5.41) is 4.65. The van der Waals surface area contributed by atoms with Gasteiger partial charge in [-0.2, -0.15) is 5.10 Å². The number of nitrogens with zero attached hydrogens (tertiary/aromatic N) is 4. The van der Waals surface area contributed by atoms with E-state index >= 15 is 0 Å². The van der Waals surface area contributed by atoms with Gasteiger partial charge in [-0.25, -0.2) is 13.5 Å². The third-order valence-corrected chi connectivity index (χ3v) is 8.15. The summed E-state index contributed by atoms with van der Waals surface area (Å²) in [6, 6.07) is 23.3. The van der Waals surface area contributed by atoms with Gasteiger partial charge in [-0.1, -0.05) is 42.5 Å². The lowest BCUT2D eigenvalue weighted by atomic mass is 9.90. The Balaban J connectivity index is 1.23. The molecule has 0 bridgehead atoms. The van der Waals surface area contributed by atoms with Crippen LogP contribution in [0, 0.1) is 11.6 Å². The molecule has 1 atom stereocenters. The molecule has 2 fully saturated rings. The molecular formula is C32H32F2N4O. The number of aromatic nitrogens is 2. The third-order valence-electron chi connectivity index (χ3n) is 8.15. The minimum atomic E-state index is -0.304. The summed E-state index contributed by atoms with van der Waals surface area (Å²) in [6.45, 7) is 3.91. The van der Waals surface area contributed by atoms with Crippen LogP contribution in [0.1, 0.15) is 58.3 Å². The predicted octanol–water partition coefficient (Wildman–Crippen LogP) is 6.16. The second kappa shape index (κ2) is 11.1. The summed E-state index contributed by atoms with van der Waals surface area (Å²) < 4.78 is 28.9. The zero-order valence-electron chi connectivity index (χ0n) is 21.8. The van der Waals surface area contributed by atoms with Gasteiger partial charge in [0.2, 0.25) is 0 Å². The maximum atomic E-state index is 13.9. The maximum Gasteiger partial charge on any atom is 0.257 e. The van der Waals surface area contributed by atoms with Crippen LogP contribution in [-0.4, -0.2) is 51.7 Å². The topological polar surface area (TPSA) is 41.4 Å². The lowest BCUT2D eigenvalue weighted by Gasteiger charge is -2.33. The van der Waals surface area contributed by atoms with Crippen molar-refractivity contribution in [1.29, 1.82) is 0 Å². The van der Waals surface area contributed by atoms with E-state index < -0.39 is 0 Å². The van der Waals surface area contributed by atoms with Crippen LogP contribution in [0.4, 0.5) is 8.78 Å². The molecule has 2 aliphatic heterocycles. The number of amides is 1. The van der Waals surface area contributed by atoms with Crippen molar-refractivity contribution in [2.45, 2.75) is 37.6 Å². The highest BCUT2D eigenvalue weighted by Crippen LogP contribution is 2.35. The normalized spacial score (nSPS) is 18.5. The quantitative estimate of drug-likeness (QED) is 0.302. The minimum Gasteiger partial charge on any atom is -0.338 e. The number of carbonyl (C=O) groups excluding carboxylic acids is 1. The Morgan fingerprint density at radius 2 is 1.44 bits per heavy atom. The Morgan fingerprint density at radius 3 is 2.13 bits per heavy atom. The zero-order chi connectivity index (χ0) is 26.8. The molecule has 1 aromatic heterocycles. The number of piperidine rings is 1. The van der Waals surface area contributed by atoms with Crippen LogP contribution in [0.3, 0.4) is 0 Å². The Morgan fingerprint density at radius 1 is 0.795 bits per heavy atom. The zero-order valence-corrected chi connectivity index (χ0v) is 21.8. The molecular weight excluding hydrogens is 494 g/mol. The molecule has 39 heavy (non-hydrogen) atoms. The smallest absolute Gasteiger partial charge is 0.257 e. The van der Waals surface area contributed by atoms with Crippen LogP contribution in [0.25, 0.3) is 5.69 Å². The van der Waals surface area contributed by atoms with Gasteiger partial charge in [-0.05, 0) is 79.9 Å². The van der Waals surface area contributed by atoms with E-state index in [2.05, 4.69) is 22.1 Å². The fourth-order valence-electron chi connectivity index (χ4n) is 6.03. The average molecular weight is 527 g/mol. The first-order chi connectivity index (χ1) is 19.0. The second-order valence-corrected chi connectivity index (χ2v) is 10.7. The van der Waals surface area contributed by atoms with E-state index in [-0.39, 0.29) is 23.5 Å². The number of benzene rings is 3. The number of rotatable bonds is 6. The highest BCUT2D eigenvalue weighted by atomic mass is 19.1. The van der Waals surface area contributed by atoms with Crippen molar-refractivity contribution < 1.29 is 13.6 Å². The number of hydrogen-bond donors (Lipinski definition) is 0. The van der Waals surface area contributed by atoms with E-state index in [1.807, 2.05) is 39.9 Å². The fourth-order valence-corrected chi connectivity index (χ4v) is 6.03. The number of hydrogen-bond acceptors (Lipinski definition) is 3. The van der Waals surface area contributed by atoms with Crippen molar-refractivity contribution in [3.63, 3.8) is 0 Å². The van der Waals surface area contributed by atoms with Crippen LogP contribution >= 0.6 is 0 Å². The molecule has 3 aromatic carbocycles. The van der Waals surface area contributed by atoms with Crippen molar-refractivity contribution in [2.75, 3.05) is 26.2 Å². The molecule has 0 spiro atoms. The fraction of sp³-hybridized carbons (Fsp3) is 0.312. The standard InChI is InChI=1S/C32H32F2N4O/c33-27-8-6-23(7-9-27)21-36-17-14-25(15-18-36)31-30(20-35-38(31)29-12-10-28(34)11-13-29)32(39)37-19-16-26(22-37)24-4-2-1-3-5-24/h1-13,20,25-26H,14-19,21-22H2/t26-/m0/s1. The van der Waals surface area contributed by atoms with E-state index in [0.717, 1.165) is 62.4 Å². The van der Waals surface area contributed by atoms with E-state index in [1.54, 1.807) is 18.3 Å². The minimum absolute atomic E-state index is 0.0190.